The van der Waals surface area contributed by atoms with Gasteiger partial charge in [0.2, 0.25) is 0 Å². The van der Waals surface area contributed by atoms with E-state index in [2.05, 4.69) is 25.0 Å². The molecule has 56 valence electrons. The predicted molar refractivity (Wildman–Crippen MR) is 47.0 cm³/mol. The number of hydrogen-bond donors (Lipinski definition) is 1. The zero-order chi connectivity index (χ0) is 7.11. The van der Waals surface area contributed by atoms with Crippen LogP contribution in [-0.2, 0) is 4.43 Å². The van der Waals surface area contributed by atoms with Crippen molar-refractivity contribution in [3.05, 3.63) is 0 Å². The number of nitrogens with one attached hydrogen (secondary N) is 1. The van der Waals surface area contributed by atoms with E-state index in [1.54, 1.807) is 0 Å². The van der Waals surface area contributed by atoms with Crippen LogP contribution in [0.3, 0.4) is 0 Å². The van der Waals surface area contributed by atoms with Crippen LogP contribution in [-0.4, -0.2) is 31.5 Å². The summed E-state index contributed by atoms with van der Waals surface area (Å²) < 4.78 is 5.28. The molecular formula is C5H17NOSi2. The maximum Gasteiger partial charge on any atom is 0.174 e. The van der Waals surface area contributed by atoms with Gasteiger partial charge in [0.05, 0.1) is 0 Å². The first-order chi connectivity index (χ1) is 4.27. The first kappa shape index (κ1) is 9.35. The maximum absolute atomic E-state index is 5.28. The second-order valence-corrected chi connectivity index (χ2v) is 6.34. The molecule has 0 aromatic heterocycles. The highest BCUT2D eigenvalue weighted by atomic mass is 28.3. The van der Waals surface area contributed by atoms with E-state index >= 15 is 0 Å². The van der Waals surface area contributed by atoms with Gasteiger partial charge in [-0.25, -0.2) is 0 Å². The molecule has 0 aliphatic carbocycles. The SMILES string of the molecule is CCO[SiH2]CN[SiH](C)C. The molecular weight excluding hydrogens is 146 g/mol. The second-order valence-electron chi connectivity index (χ2n) is 2.31. The van der Waals surface area contributed by atoms with Crippen LogP contribution in [0.15, 0.2) is 0 Å². The van der Waals surface area contributed by atoms with E-state index in [-0.39, 0.29) is 9.76 Å². The third-order valence-corrected chi connectivity index (χ3v) is 3.88. The van der Waals surface area contributed by atoms with Crippen molar-refractivity contribution in [2.75, 3.05) is 12.8 Å². The van der Waals surface area contributed by atoms with Crippen LogP contribution in [0.2, 0.25) is 13.1 Å². The molecule has 0 amide bonds. The molecule has 0 aliphatic heterocycles. The molecule has 0 unspecified atom stereocenters. The van der Waals surface area contributed by atoms with Crippen molar-refractivity contribution in [3.8, 4) is 0 Å². The van der Waals surface area contributed by atoms with Gasteiger partial charge in [-0.15, -0.1) is 0 Å². The Morgan fingerprint density at radius 1 is 1.56 bits per heavy atom. The Balaban J connectivity index is 2.75. The lowest BCUT2D eigenvalue weighted by molar-refractivity contribution is 0.360. The van der Waals surface area contributed by atoms with Crippen molar-refractivity contribution in [3.63, 3.8) is 0 Å². The third kappa shape index (κ3) is 8.35. The van der Waals surface area contributed by atoms with Gasteiger partial charge in [-0.1, -0.05) is 13.1 Å². The lowest BCUT2D eigenvalue weighted by Gasteiger charge is -2.04. The Kier molecular flexibility index (Phi) is 6.73. The van der Waals surface area contributed by atoms with Crippen LogP contribution in [0.25, 0.3) is 0 Å². The van der Waals surface area contributed by atoms with Crippen LogP contribution in [0.1, 0.15) is 6.92 Å². The van der Waals surface area contributed by atoms with Gasteiger partial charge in [0.25, 0.3) is 0 Å². The van der Waals surface area contributed by atoms with Gasteiger partial charge in [0.1, 0.15) is 8.96 Å². The van der Waals surface area contributed by atoms with Crippen LogP contribution < -0.4 is 4.98 Å². The molecule has 0 atom stereocenters. The molecule has 0 saturated carbocycles. The topological polar surface area (TPSA) is 21.3 Å². The monoisotopic (exact) mass is 163 g/mol. The molecule has 1 N–H and O–H groups in total. The van der Waals surface area contributed by atoms with Crippen LogP contribution >= 0.6 is 0 Å². The fraction of sp³-hybridized carbons (Fsp3) is 1.00. The van der Waals surface area contributed by atoms with Crippen molar-refractivity contribution in [1.82, 2.24) is 4.98 Å². The average Bonchev–Trinajstić information content (AvgIpc) is 1.80. The largest absolute Gasteiger partial charge is 0.423 e. The molecule has 0 spiro atoms. The second kappa shape index (κ2) is 6.47. The lowest BCUT2D eigenvalue weighted by Crippen LogP contribution is -2.32. The third-order valence-electron chi connectivity index (χ3n) is 1.00. The van der Waals surface area contributed by atoms with E-state index in [0.717, 1.165) is 12.8 Å². The number of hydrogen-bond acceptors (Lipinski definition) is 2. The summed E-state index contributed by atoms with van der Waals surface area (Å²) >= 11 is 0. The minimum Gasteiger partial charge on any atom is -0.423 e. The van der Waals surface area contributed by atoms with Gasteiger partial charge < -0.3 is 9.41 Å². The summed E-state index contributed by atoms with van der Waals surface area (Å²) in [6, 6.07) is 0. The summed E-state index contributed by atoms with van der Waals surface area (Å²) in [5.41, 5.74) is 0. The summed E-state index contributed by atoms with van der Waals surface area (Å²) in [6.45, 7) is 7.54. The van der Waals surface area contributed by atoms with E-state index < -0.39 is 8.96 Å². The van der Waals surface area contributed by atoms with E-state index in [0.29, 0.717) is 0 Å². The van der Waals surface area contributed by atoms with Crippen molar-refractivity contribution in [2.24, 2.45) is 0 Å². The van der Waals surface area contributed by atoms with Gasteiger partial charge in [0.15, 0.2) is 9.76 Å². The summed E-state index contributed by atoms with van der Waals surface area (Å²) in [5.74, 6) is 0. The highest BCUT2D eigenvalue weighted by molar-refractivity contribution is 6.53. The van der Waals surface area contributed by atoms with Crippen LogP contribution in [0, 0.1) is 0 Å². The molecule has 4 heteroatoms. The number of rotatable bonds is 5. The minimum absolute atomic E-state index is 0.208. The van der Waals surface area contributed by atoms with Crippen molar-refractivity contribution < 1.29 is 4.43 Å². The Morgan fingerprint density at radius 3 is 2.67 bits per heavy atom. The first-order valence-electron chi connectivity index (χ1n) is 3.58. The predicted octanol–water partition coefficient (Wildman–Crippen LogP) is -0.363. The van der Waals surface area contributed by atoms with Gasteiger partial charge in [-0.3, -0.25) is 0 Å². The molecule has 2 nitrogen and oxygen atoms in total. The van der Waals surface area contributed by atoms with Crippen molar-refractivity contribution >= 4 is 18.7 Å². The zero-order valence-corrected chi connectivity index (χ0v) is 9.18. The fourth-order valence-electron chi connectivity index (χ4n) is 0.564. The van der Waals surface area contributed by atoms with Crippen LogP contribution in [0.5, 0.6) is 0 Å². The Bertz CT molecular complexity index is 60.9. The summed E-state index contributed by atoms with van der Waals surface area (Å²) in [6.07, 6.45) is 1.16. The van der Waals surface area contributed by atoms with Gasteiger partial charge >= 0.3 is 0 Å². The van der Waals surface area contributed by atoms with Gasteiger partial charge in [0, 0.05) is 12.8 Å². The standard InChI is InChI=1S/C5H17NOSi2/c1-4-7-8-5-6-9(2)3/h6,9H,4-5,8H2,1-3H3. The van der Waals surface area contributed by atoms with Crippen molar-refractivity contribution in [2.45, 2.75) is 20.0 Å². The smallest absolute Gasteiger partial charge is 0.174 e. The summed E-state index contributed by atoms with van der Waals surface area (Å²) in [4.78, 5) is 3.46. The van der Waals surface area contributed by atoms with Gasteiger partial charge in [-0.05, 0) is 6.92 Å². The molecule has 0 aliphatic rings. The van der Waals surface area contributed by atoms with E-state index in [1.165, 1.54) is 0 Å². The normalized spacial score (nSPS) is 12.0. The molecule has 9 heavy (non-hydrogen) atoms. The van der Waals surface area contributed by atoms with Crippen LogP contribution in [0.4, 0.5) is 0 Å². The van der Waals surface area contributed by atoms with E-state index in [4.69, 9.17) is 4.43 Å². The minimum atomic E-state index is -0.508. The molecule has 0 radical (unpaired) electrons. The molecule has 0 heterocycles. The Labute approximate surface area is 61.6 Å². The fourth-order valence-corrected chi connectivity index (χ4v) is 3.78. The zero-order valence-electron chi connectivity index (χ0n) is 6.61. The average molecular weight is 163 g/mol. The molecule has 0 fully saturated rings. The quantitative estimate of drug-likeness (QED) is 0.441. The highest BCUT2D eigenvalue weighted by Crippen LogP contribution is 1.71. The highest BCUT2D eigenvalue weighted by Gasteiger charge is 1.92. The molecule has 0 bridgehead atoms. The maximum atomic E-state index is 5.28. The lowest BCUT2D eigenvalue weighted by atomic mass is 10.9. The van der Waals surface area contributed by atoms with Gasteiger partial charge in [-0.2, -0.15) is 0 Å². The molecule has 0 aromatic carbocycles. The molecule has 0 rings (SSSR count). The Hall–Kier alpha value is 0.354. The Morgan fingerprint density at radius 2 is 2.22 bits per heavy atom. The summed E-state index contributed by atoms with van der Waals surface area (Å²) in [5, 5.41) is 0. The van der Waals surface area contributed by atoms with E-state index in [1.807, 2.05) is 0 Å². The van der Waals surface area contributed by atoms with E-state index in [9.17, 15) is 0 Å². The first-order valence-corrected chi connectivity index (χ1v) is 8.05. The summed E-state index contributed by atoms with van der Waals surface area (Å²) in [7, 11) is -0.716. The molecule has 0 saturated heterocycles. The molecule has 0 aromatic rings. The van der Waals surface area contributed by atoms with Crippen molar-refractivity contribution in [1.29, 1.82) is 0 Å².